The largest absolute Gasteiger partial charge is 0.497 e. The van der Waals surface area contributed by atoms with Gasteiger partial charge in [-0.15, -0.1) is 5.10 Å². The molecule has 128 valence electrons. The zero-order chi connectivity index (χ0) is 17.5. The molecule has 0 aliphatic rings. The second-order valence-corrected chi connectivity index (χ2v) is 5.78. The maximum Gasteiger partial charge on any atom is 0.244 e. The molecule has 3 aromatic rings. The van der Waals surface area contributed by atoms with Crippen LogP contribution in [-0.4, -0.2) is 22.3 Å². The van der Waals surface area contributed by atoms with Crippen molar-refractivity contribution in [2.45, 2.75) is 13.1 Å². The van der Waals surface area contributed by atoms with Crippen molar-refractivity contribution >= 4 is 23.4 Å². The predicted octanol–water partition coefficient (Wildman–Crippen LogP) is 3.76. The van der Waals surface area contributed by atoms with Gasteiger partial charge in [-0.1, -0.05) is 35.9 Å². The lowest BCUT2D eigenvalue weighted by Crippen LogP contribution is -2.08. The van der Waals surface area contributed by atoms with E-state index in [1.807, 2.05) is 48.5 Å². The quantitative estimate of drug-likeness (QED) is 0.672. The molecule has 6 nitrogen and oxygen atoms in total. The van der Waals surface area contributed by atoms with Crippen molar-refractivity contribution in [3.8, 4) is 5.75 Å². The molecule has 1 aromatic heterocycles. The summed E-state index contributed by atoms with van der Waals surface area (Å²) in [5, 5.41) is 15.1. The molecule has 3 rings (SSSR count). The van der Waals surface area contributed by atoms with Crippen LogP contribution in [0.25, 0.3) is 0 Å². The summed E-state index contributed by atoms with van der Waals surface area (Å²) in [6.07, 6.45) is 1.59. The Kier molecular flexibility index (Phi) is 5.64. The normalized spacial score (nSPS) is 10.3. The first-order chi connectivity index (χ1) is 12.2. The topological polar surface area (TPSA) is 72.0 Å². The summed E-state index contributed by atoms with van der Waals surface area (Å²) >= 11 is 5.89. The standard InChI is InChI=1S/C18H18ClN5O/c1-25-16-8-4-14(5-9-16)11-21-18-23-17(12-22-24-18)20-10-13-2-6-15(19)7-3-13/h2-9,12H,10-11H2,1H3,(H2,20,21,23,24). The van der Waals surface area contributed by atoms with Crippen molar-refractivity contribution in [3.63, 3.8) is 0 Å². The van der Waals surface area contributed by atoms with Gasteiger partial charge >= 0.3 is 0 Å². The molecule has 1 heterocycles. The van der Waals surface area contributed by atoms with Crippen LogP contribution >= 0.6 is 11.6 Å². The summed E-state index contributed by atoms with van der Waals surface area (Å²) in [6.45, 7) is 1.24. The number of halogens is 1. The van der Waals surface area contributed by atoms with Gasteiger partial charge in [0.25, 0.3) is 0 Å². The zero-order valence-electron chi connectivity index (χ0n) is 13.7. The number of hydrogen-bond donors (Lipinski definition) is 2. The molecular formula is C18H18ClN5O. The summed E-state index contributed by atoms with van der Waals surface area (Å²) in [6, 6.07) is 15.5. The lowest BCUT2D eigenvalue weighted by atomic mass is 10.2. The van der Waals surface area contributed by atoms with Crippen molar-refractivity contribution in [2.75, 3.05) is 17.7 Å². The average molecular weight is 356 g/mol. The molecule has 0 atom stereocenters. The van der Waals surface area contributed by atoms with E-state index in [1.54, 1.807) is 13.3 Å². The first kappa shape index (κ1) is 17.0. The van der Waals surface area contributed by atoms with E-state index in [0.29, 0.717) is 24.9 Å². The van der Waals surface area contributed by atoms with E-state index in [0.717, 1.165) is 21.9 Å². The molecule has 7 heteroatoms. The van der Waals surface area contributed by atoms with Crippen LogP contribution in [-0.2, 0) is 13.1 Å². The molecule has 0 aliphatic carbocycles. The Labute approximate surface area is 151 Å². The fourth-order valence-electron chi connectivity index (χ4n) is 2.18. The average Bonchev–Trinajstić information content (AvgIpc) is 2.67. The second-order valence-electron chi connectivity index (χ2n) is 5.35. The first-order valence-corrected chi connectivity index (χ1v) is 8.15. The van der Waals surface area contributed by atoms with Gasteiger partial charge < -0.3 is 15.4 Å². The van der Waals surface area contributed by atoms with Crippen LogP contribution in [0.4, 0.5) is 11.8 Å². The summed E-state index contributed by atoms with van der Waals surface area (Å²) in [5.74, 6) is 1.95. The molecule has 0 saturated heterocycles. The molecule has 0 unspecified atom stereocenters. The smallest absolute Gasteiger partial charge is 0.244 e. The van der Waals surface area contributed by atoms with Crippen LogP contribution in [0.15, 0.2) is 54.7 Å². The van der Waals surface area contributed by atoms with Crippen LogP contribution in [0.2, 0.25) is 5.02 Å². The Balaban J connectivity index is 1.56. The highest BCUT2D eigenvalue weighted by atomic mass is 35.5. The molecule has 0 amide bonds. The van der Waals surface area contributed by atoms with Crippen molar-refractivity contribution in [3.05, 3.63) is 70.9 Å². The SMILES string of the molecule is COc1ccc(CNc2nncc(NCc3ccc(Cl)cc3)n2)cc1. The van der Waals surface area contributed by atoms with Gasteiger partial charge in [-0.2, -0.15) is 10.1 Å². The van der Waals surface area contributed by atoms with Crippen molar-refractivity contribution in [1.82, 2.24) is 15.2 Å². The number of anilines is 2. The lowest BCUT2D eigenvalue weighted by molar-refractivity contribution is 0.414. The van der Waals surface area contributed by atoms with Crippen molar-refractivity contribution < 1.29 is 4.74 Å². The van der Waals surface area contributed by atoms with Gasteiger partial charge in [0, 0.05) is 18.1 Å². The highest BCUT2D eigenvalue weighted by molar-refractivity contribution is 6.30. The minimum Gasteiger partial charge on any atom is -0.497 e. The van der Waals surface area contributed by atoms with Gasteiger partial charge in [0.2, 0.25) is 5.95 Å². The fraction of sp³-hybridized carbons (Fsp3) is 0.167. The number of hydrogen-bond acceptors (Lipinski definition) is 6. The molecular weight excluding hydrogens is 338 g/mol. The van der Waals surface area contributed by atoms with Gasteiger partial charge in [0.05, 0.1) is 13.3 Å². The van der Waals surface area contributed by atoms with E-state index < -0.39 is 0 Å². The van der Waals surface area contributed by atoms with E-state index >= 15 is 0 Å². The first-order valence-electron chi connectivity index (χ1n) is 7.78. The van der Waals surface area contributed by atoms with Crippen molar-refractivity contribution in [2.24, 2.45) is 0 Å². The molecule has 0 radical (unpaired) electrons. The third-order valence-electron chi connectivity index (χ3n) is 3.56. The number of rotatable bonds is 7. The van der Waals surface area contributed by atoms with E-state index in [-0.39, 0.29) is 0 Å². The lowest BCUT2D eigenvalue weighted by Gasteiger charge is -2.08. The van der Waals surface area contributed by atoms with Crippen LogP contribution in [0.1, 0.15) is 11.1 Å². The van der Waals surface area contributed by atoms with E-state index in [1.165, 1.54) is 0 Å². The Bertz CT molecular complexity index is 808. The van der Waals surface area contributed by atoms with Gasteiger partial charge in [0.1, 0.15) is 5.75 Å². The van der Waals surface area contributed by atoms with Crippen LogP contribution in [0.3, 0.4) is 0 Å². The number of nitrogens with one attached hydrogen (secondary N) is 2. The van der Waals surface area contributed by atoms with Crippen LogP contribution in [0, 0.1) is 0 Å². The molecule has 2 N–H and O–H groups in total. The molecule has 0 fully saturated rings. The van der Waals surface area contributed by atoms with E-state index in [4.69, 9.17) is 16.3 Å². The van der Waals surface area contributed by atoms with Crippen molar-refractivity contribution in [1.29, 1.82) is 0 Å². The highest BCUT2D eigenvalue weighted by Gasteiger charge is 2.02. The fourth-order valence-corrected chi connectivity index (χ4v) is 2.31. The minimum absolute atomic E-state index is 0.469. The minimum atomic E-state index is 0.469. The molecule has 0 aliphatic heterocycles. The Hall–Kier alpha value is -2.86. The monoisotopic (exact) mass is 355 g/mol. The van der Waals surface area contributed by atoms with Gasteiger partial charge in [-0.3, -0.25) is 0 Å². The molecule has 0 spiro atoms. The Morgan fingerprint density at radius 3 is 2.24 bits per heavy atom. The summed E-state index contributed by atoms with van der Waals surface area (Å²) < 4.78 is 5.15. The number of methoxy groups -OCH3 is 1. The van der Waals surface area contributed by atoms with Gasteiger partial charge in [-0.05, 0) is 35.4 Å². The number of benzene rings is 2. The maximum absolute atomic E-state index is 5.89. The molecule has 0 saturated carbocycles. The second kappa shape index (κ2) is 8.30. The number of ether oxygens (including phenoxy) is 1. The summed E-state index contributed by atoms with van der Waals surface area (Å²) in [7, 11) is 1.65. The Morgan fingerprint density at radius 1 is 0.920 bits per heavy atom. The van der Waals surface area contributed by atoms with E-state index in [2.05, 4.69) is 25.8 Å². The van der Waals surface area contributed by atoms with Crippen LogP contribution < -0.4 is 15.4 Å². The Morgan fingerprint density at radius 2 is 1.56 bits per heavy atom. The maximum atomic E-state index is 5.89. The molecule has 2 aromatic carbocycles. The third kappa shape index (κ3) is 5.06. The molecule has 0 bridgehead atoms. The van der Waals surface area contributed by atoms with E-state index in [9.17, 15) is 0 Å². The predicted molar refractivity (Wildman–Crippen MR) is 98.9 cm³/mol. The summed E-state index contributed by atoms with van der Waals surface area (Å²) in [4.78, 5) is 4.41. The number of aromatic nitrogens is 3. The summed E-state index contributed by atoms with van der Waals surface area (Å²) in [5.41, 5.74) is 2.21. The van der Waals surface area contributed by atoms with Gasteiger partial charge in [-0.25, -0.2) is 0 Å². The zero-order valence-corrected chi connectivity index (χ0v) is 14.5. The van der Waals surface area contributed by atoms with Gasteiger partial charge in [0.15, 0.2) is 5.82 Å². The highest BCUT2D eigenvalue weighted by Crippen LogP contribution is 2.13. The third-order valence-corrected chi connectivity index (χ3v) is 3.81. The van der Waals surface area contributed by atoms with Crippen LogP contribution in [0.5, 0.6) is 5.75 Å². The molecule has 25 heavy (non-hydrogen) atoms. The number of nitrogens with zero attached hydrogens (tertiary/aromatic N) is 3.